The number of ether oxygens (including phenoxy) is 1. The average Bonchev–Trinajstić information content (AvgIpc) is 2.92. The van der Waals surface area contributed by atoms with Crippen molar-refractivity contribution in [2.24, 2.45) is 0 Å². The molecular formula is C15H17NO2S. The molecule has 19 heavy (non-hydrogen) atoms. The van der Waals surface area contributed by atoms with E-state index >= 15 is 0 Å². The van der Waals surface area contributed by atoms with Crippen LogP contribution < -0.4 is 10.1 Å². The van der Waals surface area contributed by atoms with Crippen LogP contribution >= 0.6 is 11.3 Å². The molecule has 0 saturated heterocycles. The summed E-state index contributed by atoms with van der Waals surface area (Å²) >= 11 is 1.64. The number of nitrogens with one attached hydrogen (secondary N) is 1. The Kier molecular flexibility index (Phi) is 4.98. The second-order valence-corrected chi connectivity index (χ2v) is 4.94. The van der Waals surface area contributed by atoms with Gasteiger partial charge in [-0.25, -0.2) is 0 Å². The van der Waals surface area contributed by atoms with Crippen LogP contribution in [0.3, 0.4) is 0 Å². The van der Waals surface area contributed by atoms with E-state index in [9.17, 15) is 4.79 Å². The van der Waals surface area contributed by atoms with Gasteiger partial charge in [-0.2, -0.15) is 11.3 Å². The molecule has 2 rings (SSSR count). The minimum Gasteiger partial charge on any atom is -0.494 e. The second-order valence-electron chi connectivity index (χ2n) is 4.16. The van der Waals surface area contributed by atoms with E-state index in [0.717, 1.165) is 16.9 Å². The van der Waals surface area contributed by atoms with E-state index in [1.54, 1.807) is 11.3 Å². The molecule has 0 unspecified atom stereocenters. The van der Waals surface area contributed by atoms with E-state index in [1.807, 2.05) is 48.0 Å². The van der Waals surface area contributed by atoms with Crippen molar-refractivity contribution in [3.05, 3.63) is 52.2 Å². The molecule has 3 nitrogen and oxygen atoms in total. The van der Waals surface area contributed by atoms with Crippen molar-refractivity contribution in [1.82, 2.24) is 5.32 Å². The predicted octanol–water partition coefficient (Wildman–Crippen LogP) is 3.01. The third-order valence-corrected chi connectivity index (χ3v) is 3.40. The first-order valence-corrected chi connectivity index (χ1v) is 7.21. The Hall–Kier alpha value is -1.81. The largest absolute Gasteiger partial charge is 0.494 e. The van der Waals surface area contributed by atoms with Crippen molar-refractivity contribution in [1.29, 1.82) is 0 Å². The van der Waals surface area contributed by atoms with Crippen molar-refractivity contribution in [3.63, 3.8) is 0 Å². The normalized spacial score (nSPS) is 10.2. The van der Waals surface area contributed by atoms with Gasteiger partial charge in [-0.15, -0.1) is 0 Å². The molecule has 0 fully saturated rings. The number of hydrogen-bond acceptors (Lipinski definition) is 3. The smallest absolute Gasteiger partial charge is 0.224 e. The van der Waals surface area contributed by atoms with Crippen LogP contribution in [0.15, 0.2) is 41.1 Å². The number of amides is 1. The first-order valence-electron chi connectivity index (χ1n) is 6.27. The molecule has 1 N–H and O–H groups in total. The van der Waals surface area contributed by atoms with Gasteiger partial charge in [0.1, 0.15) is 5.75 Å². The van der Waals surface area contributed by atoms with Gasteiger partial charge >= 0.3 is 0 Å². The van der Waals surface area contributed by atoms with E-state index in [2.05, 4.69) is 5.32 Å². The Bertz CT molecular complexity index is 505. The van der Waals surface area contributed by atoms with E-state index in [0.29, 0.717) is 19.6 Å². The van der Waals surface area contributed by atoms with Crippen molar-refractivity contribution in [3.8, 4) is 5.75 Å². The summed E-state index contributed by atoms with van der Waals surface area (Å²) in [5, 5.41) is 6.96. The number of benzene rings is 1. The fourth-order valence-corrected chi connectivity index (χ4v) is 2.38. The predicted molar refractivity (Wildman–Crippen MR) is 77.5 cm³/mol. The van der Waals surface area contributed by atoms with Gasteiger partial charge in [0.15, 0.2) is 0 Å². The Morgan fingerprint density at radius 1 is 1.21 bits per heavy atom. The van der Waals surface area contributed by atoms with Crippen molar-refractivity contribution in [2.75, 3.05) is 6.61 Å². The van der Waals surface area contributed by atoms with Crippen LogP contribution in [0.25, 0.3) is 0 Å². The van der Waals surface area contributed by atoms with Crippen LogP contribution in [0.1, 0.15) is 18.1 Å². The third kappa shape index (κ3) is 4.41. The summed E-state index contributed by atoms with van der Waals surface area (Å²) in [5.41, 5.74) is 2.14. The van der Waals surface area contributed by atoms with Crippen LogP contribution in [0.5, 0.6) is 5.75 Å². The number of carbonyl (C=O) groups is 1. The summed E-state index contributed by atoms with van der Waals surface area (Å²) in [7, 11) is 0. The SMILES string of the molecule is CCOc1ccc(CC(=O)NCc2ccsc2)cc1. The molecule has 0 spiro atoms. The fourth-order valence-electron chi connectivity index (χ4n) is 1.71. The molecule has 2 aromatic rings. The van der Waals surface area contributed by atoms with Gasteiger partial charge in [0, 0.05) is 6.54 Å². The van der Waals surface area contributed by atoms with Crippen LogP contribution in [-0.4, -0.2) is 12.5 Å². The Balaban J connectivity index is 1.81. The Morgan fingerprint density at radius 3 is 2.63 bits per heavy atom. The lowest BCUT2D eigenvalue weighted by Gasteiger charge is -2.06. The lowest BCUT2D eigenvalue weighted by molar-refractivity contribution is -0.120. The topological polar surface area (TPSA) is 38.3 Å². The molecule has 0 aliphatic carbocycles. The summed E-state index contributed by atoms with van der Waals surface area (Å²) in [6.45, 7) is 3.20. The van der Waals surface area contributed by atoms with Gasteiger partial charge in [-0.1, -0.05) is 12.1 Å². The molecule has 100 valence electrons. The summed E-state index contributed by atoms with van der Waals surface area (Å²) in [6, 6.07) is 9.65. The lowest BCUT2D eigenvalue weighted by atomic mass is 10.1. The molecule has 0 aliphatic rings. The number of thiophene rings is 1. The van der Waals surface area contributed by atoms with Gasteiger partial charge in [0.2, 0.25) is 5.91 Å². The molecule has 1 aromatic heterocycles. The molecule has 0 radical (unpaired) electrons. The molecule has 4 heteroatoms. The highest BCUT2D eigenvalue weighted by molar-refractivity contribution is 7.07. The summed E-state index contributed by atoms with van der Waals surface area (Å²) in [5.74, 6) is 0.875. The molecule has 0 atom stereocenters. The highest BCUT2D eigenvalue weighted by atomic mass is 32.1. The first-order chi connectivity index (χ1) is 9.28. The average molecular weight is 275 g/mol. The maximum Gasteiger partial charge on any atom is 0.224 e. The zero-order valence-corrected chi connectivity index (χ0v) is 11.7. The van der Waals surface area contributed by atoms with Gasteiger partial charge in [0.05, 0.1) is 13.0 Å². The molecule has 0 aliphatic heterocycles. The van der Waals surface area contributed by atoms with E-state index in [-0.39, 0.29) is 5.91 Å². The molecule has 0 bridgehead atoms. The van der Waals surface area contributed by atoms with E-state index in [1.165, 1.54) is 0 Å². The highest BCUT2D eigenvalue weighted by Gasteiger charge is 2.04. The van der Waals surface area contributed by atoms with E-state index < -0.39 is 0 Å². The maximum atomic E-state index is 11.8. The molecule has 1 amide bonds. The fraction of sp³-hybridized carbons (Fsp3) is 0.267. The second kappa shape index (κ2) is 6.95. The van der Waals surface area contributed by atoms with Crippen molar-refractivity contribution < 1.29 is 9.53 Å². The number of rotatable bonds is 6. The van der Waals surface area contributed by atoms with E-state index in [4.69, 9.17) is 4.74 Å². The zero-order valence-electron chi connectivity index (χ0n) is 10.9. The molecular weight excluding hydrogens is 258 g/mol. The maximum absolute atomic E-state index is 11.8. The van der Waals surface area contributed by atoms with Gasteiger partial charge in [-0.3, -0.25) is 4.79 Å². The Morgan fingerprint density at radius 2 is 2.00 bits per heavy atom. The standard InChI is InChI=1S/C15H17NO2S/c1-2-18-14-5-3-12(4-6-14)9-15(17)16-10-13-7-8-19-11-13/h3-8,11H,2,9-10H2,1H3,(H,16,17). The van der Waals surface area contributed by atoms with Gasteiger partial charge in [-0.05, 0) is 47.0 Å². The van der Waals surface area contributed by atoms with Gasteiger partial charge in [0.25, 0.3) is 0 Å². The summed E-state index contributed by atoms with van der Waals surface area (Å²) < 4.78 is 5.36. The summed E-state index contributed by atoms with van der Waals surface area (Å²) in [6.07, 6.45) is 0.399. The third-order valence-electron chi connectivity index (χ3n) is 2.67. The molecule has 1 aromatic carbocycles. The number of carbonyl (C=O) groups excluding carboxylic acids is 1. The minimum absolute atomic E-state index is 0.0374. The minimum atomic E-state index is 0.0374. The van der Waals surface area contributed by atoms with Gasteiger partial charge < -0.3 is 10.1 Å². The zero-order chi connectivity index (χ0) is 13.5. The molecule has 1 heterocycles. The number of hydrogen-bond donors (Lipinski definition) is 1. The first kappa shape index (κ1) is 13.6. The monoisotopic (exact) mass is 275 g/mol. The van der Waals surface area contributed by atoms with Crippen LogP contribution in [-0.2, 0) is 17.8 Å². The molecule has 0 saturated carbocycles. The van der Waals surface area contributed by atoms with Crippen LogP contribution in [0.4, 0.5) is 0 Å². The quantitative estimate of drug-likeness (QED) is 0.880. The summed E-state index contributed by atoms with van der Waals surface area (Å²) in [4.78, 5) is 11.8. The highest BCUT2D eigenvalue weighted by Crippen LogP contribution is 2.12. The Labute approximate surface area is 117 Å². The van der Waals surface area contributed by atoms with Crippen molar-refractivity contribution >= 4 is 17.2 Å². The van der Waals surface area contributed by atoms with Crippen LogP contribution in [0, 0.1) is 0 Å². The van der Waals surface area contributed by atoms with Crippen LogP contribution in [0.2, 0.25) is 0 Å². The lowest BCUT2D eigenvalue weighted by Crippen LogP contribution is -2.24. The van der Waals surface area contributed by atoms with Crippen molar-refractivity contribution in [2.45, 2.75) is 19.9 Å².